The molecule has 7 heteroatoms. The number of hydrogen-bond donors (Lipinski definition) is 0. The molecule has 24 heavy (non-hydrogen) atoms. The van der Waals surface area contributed by atoms with Crippen molar-refractivity contribution >= 4 is 35.0 Å². The van der Waals surface area contributed by atoms with E-state index in [9.17, 15) is 13.6 Å². The second kappa shape index (κ2) is 6.99. The molecule has 1 heterocycles. The highest BCUT2D eigenvalue weighted by atomic mass is 35.5. The number of benzene rings is 2. The van der Waals surface area contributed by atoms with Crippen molar-refractivity contribution in [3.8, 4) is 5.75 Å². The van der Waals surface area contributed by atoms with Gasteiger partial charge in [-0.3, -0.25) is 9.69 Å². The lowest BCUT2D eigenvalue weighted by atomic mass is 10.1. The maximum absolute atomic E-state index is 13.5. The van der Waals surface area contributed by atoms with Crippen molar-refractivity contribution in [2.45, 2.75) is 12.3 Å². The average Bonchev–Trinajstić information content (AvgIpc) is 2.90. The van der Waals surface area contributed by atoms with Gasteiger partial charge in [0.1, 0.15) is 22.8 Å². The zero-order chi connectivity index (χ0) is 17.3. The van der Waals surface area contributed by atoms with E-state index in [2.05, 4.69) is 0 Å². The molecule has 3 rings (SSSR count). The molecule has 1 saturated heterocycles. The number of thioether (sulfide) groups is 1. The van der Waals surface area contributed by atoms with Crippen molar-refractivity contribution in [3.63, 3.8) is 0 Å². The highest BCUT2D eigenvalue weighted by molar-refractivity contribution is 8.00. The van der Waals surface area contributed by atoms with Crippen molar-refractivity contribution in [1.82, 2.24) is 0 Å². The second-order valence-electron chi connectivity index (χ2n) is 5.18. The van der Waals surface area contributed by atoms with Crippen molar-refractivity contribution in [1.29, 1.82) is 0 Å². The standard InChI is InChI=1S/C17H14ClF2NO2S/c1-2-23-15-4-3-13(8-14(15)18)21-16(22)9-24-17(21)10-5-11(19)7-12(20)6-10/h3-8,17H,2,9H2,1H3. The minimum Gasteiger partial charge on any atom is -0.492 e. The molecule has 1 unspecified atom stereocenters. The highest BCUT2D eigenvalue weighted by Gasteiger charge is 2.34. The largest absolute Gasteiger partial charge is 0.492 e. The van der Waals surface area contributed by atoms with Gasteiger partial charge in [-0.2, -0.15) is 0 Å². The summed E-state index contributed by atoms with van der Waals surface area (Å²) in [6.45, 7) is 2.32. The smallest absolute Gasteiger partial charge is 0.238 e. The topological polar surface area (TPSA) is 29.5 Å². The van der Waals surface area contributed by atoms with Crippen LogP contribution in [-0.2, 0) is 4.79 Å². The van der Waals surface area contributed by atoms with E-state index < -0.39 is 17.0 Å². The van der Waals surface area contributed by atoms with Gasteiger partial charge >= 0.3 is 0 Å². The molecule has 0 aliphatic carbocycles. The average molecular weight is 370 g/mol. The Morgan fingerprint density at radius 3 is 2.58 bits per heavy atom. The fourth-order valence-electron chi connectivity index (χ4n) is 2.58. The molecule has 126 valence electrons. The minimum atomic E-state index is -0.672. The molecule has 1 aliphatic rings. The van der Waals surface area contributed by atoms with Crippen LogP contribution < -0.4 is 9.64 Å². The number of halogens is 3. The molecule has 0 aromatic heterocycles. The Morgan fingerprint density at radius 2 is 1.96 bits per heavy atom. The quantitative estimate of drug-likeness (QED) is 0.775. The summed E-state index contributed by atoms with van der Waals surface area (Å²) in [6, 6.07) is 8.30. The molecular weight excluding hydrogens is 356 g/mol. The van der Waals surface area contributed by atoms with Crippen LogP contribution in [0.5, 0.6) is 5.75 Å². The molecule has 3 nitrogen and oxygen atoms in total. The van der Waals surface area contributed by atoms with E-state index in [4.69, 9.17) is 16.3 Å². The van der Waals surface area contributed by atoms with Gasteiger partial charge in [0.25, 0.3) is 0 Å². The van der Waals surface area contributed by atoms with Gasteiger partial charge in [-0.25, -0.2) is 8.78 Å². The van der Waals surface area contributed by atoms with E-state index in [1.807, 2.05) is 6.92 Å². The number of carbonyl (C=O) groups excluding carboxylic acids is 1. The van der Waals surface area contributed by atoms with Gasteiger partial charge in [-0.05, 0) is 42.8 Å². The first-order valence-electron chi connectivity index (χ1n) is 7.31. The number of nitrogens with zero attached hydrogens (tertiary/aromatic N) is 1. The summed E-state index contributed by atoms with van der Waals surface area (Å²) in [7, 11) is 0. The number of ether oxygens (including phenoxy) is 1. The van der Waals surface area contributed by atoms with Crippen molar-refractivity contribution < 1.29 is 18.3 Å². The van der Waals surface area contributed by atoms with Gasteiger partial charge in [0.05, 0.1) is 17.4 Å². The normalized spacial score (nSPS) is 17.4. The number of rotatable bonds is 4. The summed E-state index contributed by atoms with van der Waals surface area (Å²) in [5.41, 5.74) is 0.960. The molecule has 0 spiro atoms. The first-order chi connectivity index (χ1) is 11.5. The predicted molar refractivity (Wildman–Crippen MR) is 91.7 cm³/mol. The zero-order valence-electron chi connectivity index (χ0n) is 12.8. The Morgan fingerprint density at radius 1 is 1.25 bits per heavy atom. The first-order valence-corrected chi connectivity index (χ1v) is 8.74. The second-order valence-corrected chi connectivity index (χ2v) is 6.65. The Hall–Kier alpha value is -1.79. The van der Waals surface area contributed by atoms with Crippen LogP contribution in [0, 0.1) is 11.6 Å². The lowest BCUT2D eigenvalue weighted by Gasteiger charge is -2.25. The van der Waals surface area contributed by atoms with Gasteiger partial charge in [-0.1, -0.05) is 11.6 Å². The molecule has 0 saturated carbocycles. The zero-order valence-corrected chi connectivity index (χ0v) is 14.3. The monoisotopic (exact) mass is 369 g/mol. The van der Waals surface area contributed by atoms with Gasteiger partial charge in [0.15, 0.2) is 0 Å². The lowest BCUT2D eigenvalue weighted by Crippen LogP contribution is -2.27. The van der Waals surface area contributed by atoms with Gasteiger partial charge in [0, 0.05) is 11.8 Å². The third-order valence-electron chi connectivity index (χ3n) is 3.53. The Bertz CT molecular complexity index is 767. The Kier molecular flexibility index (Phi) is 4.96. The summed E-state index contributed by atoms with van der Waals surface area (Å²) < 4.78 is 32.4. The SMILES string of the molecule is CCOc1ccc(N2C(=O)CSC2c2cc(F)cc(F)c2)cc1Cl. The lowest BCUT2D eigenvalue weighted by molar-refractivity contribution is -0.115. The van der Waals surface area contributed by atoms with Crippen molar-refractivity contribution in [3.05, 3.63) is 58.6 Å². The van der Waals surface area contributed by atoms with Crippen LogP contribution >= 0.6 is 23.4 Å². The van der Waals surface area contributed by atoms with Crippen LogP contribution in [0.25, 0.3) is 0 Å². The Labute approximate surface area is 147 Å². The molecule has 2 aromatic rings. The number of anilines is 1. The summed E-state index contributed by atoms with van der Waals surface area (Å²) in [5, 5.41) is -0.125. The highest BCUT2D eigenvalue weighted by Crippen LogP contribution is 2.43. The Balaban J connectivity index is 1.98. The van der Waals surface area contributed by atoms with Crippen LogP contribution in [-0.4, -0.2) is 18.3 Å². The molecule has 1 fully saturated rings. The number of carbonyl (C=O) groups is 1. The molecule has 2 aromatic carbocycles. The van der Waals surface area contributed by atoms with Gasteiger partial charge in [-0.15, -0.1) is 11.8 Å². The molecule has 1 amide bonds. The summed E-state index contributed by atoms with van der Waals surface area (Å²) in [6.07, 6.45) is 0. The summed E-state index contributed by atoms with van der Waals surface area (Å²) in [5.74, 6) is -0.733. The molecular formula is C17H14ClF2NO2S. The van der Waals surface area contributed by atoms with Crippen LogP contribution in [0.4, 0.5) is 14.5 Å². The maximum atomic E-state index is 13.5. The van der Waals surface area contributed by atoms with Gasteiger partial charge < -0.3 is 4.74 Å². The molecule has 0 bridgehead atoms. The van der Waals surface area contributed by atoms with E-state index in [1.165, 1.54) is 28.8 Å². The number of hydrogen-bond acceptors (Lipinski definition) is 3. The van der Waals surface area contributed by atoms with E-state index in [1.54, 1.807) is 18.2 Å². The van der Waals surface area contributed by atoms with Crippen LogP contribution in [0.3, 0.4) is 0 Å². The molecule has 1 aliphatic heterocycles. The van der Waals surface area contributed by atoms with Crippen molar-refractivity contribution in [2.75, 3.05) is 17.3 Å². The molecule has 0 radical (unpaired) electrons. The fourth-order valence-corrected chi connectivity index (χ4v) is 3.97. The number of amides is 1. The van der Waals surface area contributed by atoms with Crippen LogP contribution in [0.15, 0.2) is 36.4 Å². The van der Waals surface area contributed by atoms with Crippen LogP contribution in [0.1, 0.15) is 17.9 Å². The van der Waals surface area contributed by atoms with E-state index in [-0.39, 0.29) is 11.7 Å². The van der Waals surface area contributed by atoms with E-state index in [0.717, 1.165) is 6.07 Å². The predicted octanol–water partition coefficient (Wildman–Crippen LogP) is 4.80. The van der Waals surface area contributed by atoms with E-state index in [0.29, 0.717) is 28.6 Å². The van der Waals surface area contributed by atoms with Crippen molar-refractivity contribution in [2.24, 2.45) is 0 Å². The van der Waals surface area contributed by atoms with E-state index >= 15 is 0 Å². The molecule has 1 atom stereocenters. The van der Waals surface area contributed by atoms with Crippen LogP contribution in [0.2, 0.25) is 5.02 Å². The summed E-state index contributed by atoms with van der Waals surface area (Å²) >= 11 is 7.50. The third-order valence-corrected chi connectivity index (χ3v) is 5.04. The molecule has 0 N–H and O–H groups in total. The third kappa shape index (κ3) is 3.35. The minimum absolute atomic E-state index is 0.144. The fraction of sp³-hybridized carbons (Fsp3) is 0.235. The maximum Gasteiger partial charge on any atom is 0.238 e. The first kappa shape index (κ1) is 17.0. The van der Waals surface area contributed by atoms with Gasteiger partial charge in [0.2, 0.25) is 5.91 Å². The summed E-state index contributed by atoms with van der Waals surface area (Å²) in [4.78, 5) is 13.8.